The molecule has 1 amide bonds. The second-order valence-electron chi connectivity index (χ2n) is 5.05. The molecule has 1 atom stereocenters. The Labute approximate surface area is 117 Å². The number of amides is 1. The molecule has 2 heterocycles. The summed E-state index contributed by atoms with van der Waals surface area (Å²) in [4.78, 5) is 18.6. The molecule has 0 N–H and O–H groups in total. The Morgan fingerprint density at radius 1 is 1.50 bits per heavy atom. The van der Waals surface area contributed by atoms with Gasteiger partial charge in [-0.25, -0.2) is 4.98 Å². The third kappa shape index (κ3) is 3.10. The molecule has 0 aliphatic carbocycles. The zero-order valence-corrected chi connectivity index (χ0v) is 12.5. The number of rotatable bonds is 3. The molecular weight excluding hydrogens is 292 g/mol. The van der Waals surface area contributed by atoms with Crippen LogP contribution < -0.4 is 0 Å². The van der Waals surface area contributed by atoms with Gasteiger partial charge in [-0.1, -0.05) is 15.9 Å². The number of hydrogen-bond donors (Lipinski definition) is 0. The molecule has 1 aromatic heterocycles. The number of carbonyl (C=O) groups is 1. The monoisotopic (exact) mass is 310 g/mol. The zero-order chi connectivity index (χ0) is 13.1. The molecule has 1 aliphatic heterocycles. The molecule has 1 aromatic rings. The Bertz CT molecular complexity index is 427. The van der Waals surface area contributed by atoms with Gasteiger partial charge in [0.2, 0.25) is 0 Å². The smallest absolute Gasteiger partial charge is 0.272 e. The van der Waals surface area contributed by atoms with Gasteiger partial charge in [-0.05, 0) is 50.3 Å². The third-order valence-electron chi connectivity index (χ3n) is 3.41. The highest BCUT2D eigenvalue weighted by Gasteiger charge is 2.27. The van der Waals surface area contributed by atoms with Crippen LogP contribution in [0, 0.1) is 19.8 Å². The molecule has 98 valence electrons. The number of halogens is 1. The third-order valence-corrected chi connectivity index (χ3v) is 3.87. The minimum absolute atomic E-state index is 0.0823. The molecule has 2 rings (SSSR count). The number of aryl methyl sites for hydroxylation is 2. The lowest BCUT2D eigenvalue weighted by atomic mass is 10.1. The maximum absolute atomic E-state index is 12.4. The van der Waals surface area contributed by atoms with Crippen molar-refractivity contribution in [1.82, 2.24) is 9.88 Å². The first-order valence-electron chi connectivity index (χ1n) is 6.40. The molecule has 0 spiro atoms. The lowest BCUT2D eigenvalue weighted by molar-refractivity contribution is 0.0781. The Hall–Kier alpha value is -0.900. The molecule has 0 aromatic carbocycles. The fraction of sp³-hybridized carbons (Fsp3) is 0.571. The van der Waals surface area contributed by atoms with Crippen LogP contribution in [0.5, 0.6) is 0 Å². The van der Waals surface area contributed by atoms with E-state index >= 15 is 0 Å². The van der Waals surface area contributed by atoms with Crippen molar-refractivity contribution < 1.29 is 4.79 Å². The van der Waals surface area contributed by atoms with Crippen LogP contribution in [0.1, 0.15) is 34.6 Å². The van der Waals surface area contributed by atoms with Crippen molar-refractivity contribution in [3.8, 4) is 0 Å². The minimum Gasteiger partial charge on any atom is -0.337 e. The van der Waals surface area contributed by atoms with Gasteiger partial charge in [0.1, 0.15) is 5.69 Å². The van der Waals surface area contributed by atoms with Crippen molar-refractivity contribution in [3.63, 3.8) is 0 Å². The lowest BCUT2D eigenvalue weighted by Gasteiger charge is -2.16. The van der Waals surface area contributed by atoms with E-state index in [2.05, 4.69) is 20.9 Å². The largest absolute Gasteiger partial charge is 0.337 e. The van der Waals surface area contributed by atoms with Crippen LogP contribution in [-0.2, 0) is 0 Å². The summed E-state index contributed by atoms with van der Waals surface area (Å²) in [5.74, 6) is 0.720. The average Bonchev–Trinajstić information content (AvgIpc) is 2.76. The molecule has 4 heteroatoms. The van der Waals surface area contributed by atoms with Gasteiger partial charge in [-0.3, -0.25) is 4.79 Å². The van der Waals surface area contributed by atoms with E-state index in [1.54, 1.807) is 0 Å². The van der Waals surface area contributed by atoms with Crippen LogP contribution in [0.15, 0.2) is 12.1 Å². The predicted molar refractivity (Wildman–Crippen MR) is 76.1 cm³/mol. The Morgan fingerprint density at radius 2 is 2.28 bits per heavy atom. The van der Waals surface area contributed by atoms with Gasteiger partial charge in [0, 0.05) is 24.1 Å². The Balaban J connectivity index is 2.08. The van der Waals surface area contributed by atoms with Crippen molar-refractivity contribution in [2.45, 2.75) is 26.7 Å². The molecule has 1 unspecified atom stereocenters. The van der Waals surface area contributed by atoms with Crippen LogP contribution in [0.2, 0.25) is 0 Å². The average molecular weight is 311 g/mol. The zero-order valence-electron chi connectivity index (χ0n) is 10.9. The van der Waals surface area contributed by atoms with E-state index in [1.165, 1.54) is 0 Å². The molecule has 1 aliphatic rings. The summed E-state index contributed by atoms with van der Waals surface area (Å²) in [7, 11) is 0. The number of alkyl halides is 1. The lowest BCUT2D eigenvalue weighted by Crippen LogP contribution is -2.29. The summed E-state index contributed by atoms with van der Waals surface area (Å²) in [6, 6.07) is 3.88. The van der Waals surface area contributed by atoms with Crippen LogP contribution >= 0.6 is 15.9 Å². The van der Waals surface area contributed by atoms with Gasteiger partial charge >= 0.3 is 0 Å². The summed E-state index contributed by atoms with van der Waals surface area (Å²) in [6.07, 6.45) is 2.26. The van der Waals surface area contributed by atoms with Gasteiger partial charge < -0.3 is 4.90 Å². The second-order valence-corrected chi connectivity index (χ2v) is 5.85. The van der Waals surface area contributed by atoms with Crippen molar-refractivity contribution in [2.24, 2.45) is 5.92 Å². The number of carbonyl (C=O) groups excluding carboxylic acids is 1. The van der Waals surface area contributed by atoms with Gasteiger partial charge in [-0.2, -0.15) is 0 Å². The summed E-state index contributed by atoms with van der Waals surface area (Å²) < 4.78 is 0. The van der Waals surface area contributed by atoms with Crippen LogP contribution in [-0.4, -0.2) is 34.2 Å². The summed E-state index contributed by atoms with van der Waals surface area (Å²) in [5, 5.41) is 1.02. The fourth-order valence-corrected chi connectivity index (χ4v) is 3.17. The van der Waals surface area contributed by atoms with E-state index in [0.717, 1.165) is 42.5 Å². The van der Waals surface area contributed by atoms with E-state index in [9.17, 15) is 4.79 Å². The predicted octanol–water partition coefficient (Wildman–Crippen LogP) is 2.95. The van der Waals surface area contributed by atoms with E-state index < -0.39 is 0 Å². The first kappa shape index (κ1) is 13.5. The highest BCUT2D eigenvalue weighted by Crippen LogP contribution is 2.22. The number of pyridine rings is 1. The molecule has 0 bridgehead atoms. The van der Waals surface area contributed by atoms with Gasteiger partial charge in [0.05, 0.1) is 0 Å². The Morgan fingerprint density at radius 3 is 2.94 bits per heavy atom. The second kappa shape index (κ2) is 5.83. The van der Waals surface area contributed by atoms with Crippen molar-refractivity contribution in [1.29, 1.82) is 0 Å². The molecule has 3 nitrogen and oxygen atoms in total. The SMILES string of the molecule is Cc1cc(C)nc(C(=O)N2CCC(CCBr)C2)c1. The van der Waals surface area contributed by atoms with Crippen LogP contribution in [0.4, 0.5) is 0 Å². The molecule has 18 heavy (non-hydrogen) atoms. The first-order valence-corrected chi connectivity index (χ1v) is 7.53. The normalized spacial score (nSPS) is 19.3. The highest BCUT2D eigenvalue weighted by molar-refractivity contribution is 9.09. The molecule has 1 saturated heterocycles. The quantitative estimate of drug-likeness (QED) is 0.804. The van der Waals surface area contributed by atoms with E-state index in [1.807, 2.05) is 30.9 Å². The van der Waals surface area contributed by atoms with E-state index in [-0.39, 0.29) is 5.91 Å². The molecule has 0 radical (unpaired) electrons. The van der Waals surface area contributed by atoms with E-state index in [0.29, 0.717) is 11.6 Å². The minimum atomic E-state index is 0.0823. The molecule has 0 saturated carbocycles. The van der Waals surface area contributed by atoms with Crippen molar-refractivity contribution in [2.75, 3.05) is 18.4 Å². The van der Waals surface area contributed by atoms with Gasteiger partial charge in [0.15, 0.2) is 0 Å². The Kier molecular flexibility index (Phi) is 4.38. The van der Waals surface area contributed by atoms with Crippen molar-refractivity contribution in [3.05, 3.63) is 29.1 Å². The number of likely N-dealkylation sites (tertiary alicyclic amines) is 1. The topological polar surface area (TPSA) is 33.2 Å². The highest BCUT2D eigenvalue weighted by atomic mass is 79.9. The summed E-state index contributed by atoms with van der Waals surface area (Å²) >= 11 is 3.46. The van der Waals surface area contributed by atoms with Gasteiger partial charge in [-0.15, -0.1) is 0 Å². The number of aromatic nitrogens is 1. The van der Waals surface area contributed by atoms with Gasteiger partial charge in [0.25, 0.3) is 5.91 Å². The van der Waals surface area contributed by atoms with Crippen molar-refractivity contribution >= 4 is 21.8 Å². The van der Waals surface area contributed by atoms with Crippen LogP contribution in [0.3, 0.4) is 0 Å². The first-order chi connectivity index (χ1) is 8.60. The summed E-state index contributed by atoms with van der Waals surface area (Å²) in [6.45, 7) is 5.68. The molecule has 1 fully saturated rings. The maximum atomic E-state index is 12.4. The number of nitrogens with zero attached hydrogens (tertiary/aromatic N) is 2. The fourth-order valence-electron chi connectivity index (χ4n) is 2.52. The maximum Gasteiger partial charge on any atom is 0.272 e. The van der Waals surface area contributed by atoms with Crippen LogP contribution in [0.25, 0.3) is 0 Å². The standard InChI is InChI=1S/C14H19BrN2O/c1-10-7-11(2)16-13(8-10)14(18)17-6-4-12(9-17)3-5-15/h7-8,12H,3-6,9H2,1-2H3. The molecular formula is C14H19BrN2O. The van der Waals surface area contributed by atoms with E-state index in [4.69, 9.17) is 0 Å². The summed E-state index contributed by atoms with van der Waals surface area (Å²) in [5.41, 5.74) is 2.60. The number of hydrogen-bond acceptors (Lipinski definition) is 2.